The molecule has 0 bridgehead atoms. The average molecular weight is 406 g/mol. The molecule has 1 aromatic carbocycles. The fraction of sp³-hybridized carbons (Fsp3) is 0.421. The van der Waals surface area contributed by atoms with Crippen LogP contribution in [0.1, 0.15) is 29.1 Å². The van der Waals surface area contributed by atoms with Crippen molar-refractivity contribution >= 4 is 18.6 Å². The van der Waals surface area contributed by atoms with E-state index in [9.17, 15) is 14.7 Å². The SMILES string of the molecule is COC1C(n2cc(C)c(OC(=O)c3ccccc3)nc2=O)OC(C)(CS)C1O. The zero-order chi connectivity index (χ0) is 20.5. The molecule has 0 saturated carbocycles. The van der Waals surface area contributed by atoms with Gasteiger partial charge in [0.15, 0.2) is 6.23 Å². The lowest BCUT2D eigenvalue weighted by Crippen LogP contribution is -2.42. The Morgan fingerprint density at radius 3 is 2.68 bits per heavy atom. The molecule has 1 aliphatic heterocycles. The zero-order valence-corrected chi connectivity index (χ0v) is 16.6. The lowest BCUT2D eigenvalue weighted by atomic mass is 9.99. The smallest absolute Gasteiger partial charge is 0.353 e. The van der Waals surface area contributed by atoms with Crippen molar-refractivity contribution in [3.63, 3.8) is 0 Å². The van der Waals surface area contributed by atoms with E-state index in [0.717, 1.165) is 0 Å². The lowest BCUT2D eigenvalue weighted by Gasteiger charge is -2.25. The molecule has 0 radical (unpaired) electrons. The second kappa shape index (κ2) is 8.04. The number of aryl methyl sites for hydroxylation is 1. The fourth-order valence-corrected chi connectivity index (χ4v) is 3.33. The predicted octanol–water partition coefficient (Wildman–Crippen LogP) is 1.36. The van der Waals surface area contributed by atoms with Gasteiger partial charge < -0.3 is 19.3 Å². The van der Waals surface area contributed by atoms with Crippen LogP contribution in [-0.2, 0) is 9.47 Å². The van der Waals surface area contributed by atoms with Crippen LogP contribution in [-0.4, -0.2) is 51.3 Å². The van der Waals surface area contributed by atoms with Gasteiger partial charge >= 0.3 is 11.7 Å². The van der Waals surface area contributed by atoms with E-state index in [4.69, 9.17) is 14.2 Å². The minimum atomic E-state index is -0.986. The molecule has 1 saturated heterocycles. The number of carbonyl (C=O) groups is 1. The van der Waals surface area contributed by atoms with E-state index in [0.29, 0.717) is 11.1 Å². The molecule has 4 unspecified atom stereocenters. The first-order valence-corrected chi connectivity index (χ1v) is 9.30. The highest BCUT2D eigenvalue weighted by Crippen LogP contribution is 2.38. The first-order valence-electron chi connectivity index (χ1n) is 8.67. The van der Waals surface area contributed by atoms with E-state index in [-0.39, 0.29) is 11.6 Å². The topological polar surface area (TPSA) is 99.9 Å². The highest BCUT2D eigenvalue weighted by atomic mass is 32.1. The summed E-state index contributed by atoms with van der Waals surface area (Å²) in [4.78, 5) is 28.7. The molecule has 150 valence electrons. The molecule has 2 aromatic rings. The number of methoxy groups -OCH3 is 1. The third-order valence-electron chi connectivity index (χ3n) is 4.76. The minimum Gasteiger partial charge on any atom is -0.403 e. The highest BCUT2D eigenvalue weighted by molar-refractivity contribution is 7.80. The van der Waals surface area contributed by atoms with E-state index in [2.05, 4.69) is 17.6 Å². The van der Waals surface area contributed by atoms with E-state index in [1.54, 1.807) is 44.2 Å². The van der Waals surface area contributed by atoms with Crippen LogP contribution in [0.25, 0.3) is 0 Å². The standard InChI is InChI=1S/C19H22N2O6S/c1-11-9-21(16-13(25-3)14(22)19(2,10-28)27-16)18(24)20-15(11)26-17(23)12-7-5-4-6-8-12/h4-9,13-14,16,22,28H,10H2,1-3H3. The molecular weight excluding hydrogens is 384 g/mol. The Labute approximate surface area is 167 Å². The molecule has 2 heterocycles. The average Bonchev–Trinajstić information content (AvgIpc) is 2.96. The van der Waals surface area contributed by atoms with Crippen LogP contribution in [0.4, 0.5) is 0 Å². The first kappa shape index (κ1) is 20.5. The summed E-state index contributed by atoms with van der Waals surface area (Å²) in [7, 11) is 1.43. The fourth-order valence-electron chi connectivity index (χ4n) is 3.07. The molecule has 1 aliphatic rings. The Bertz CT molecular complexity index is 918. The van der Waals surface area contributed by atoms with Crippen LogP contribution in [0.15, 0.2) is 41.3 Å². The summed E-state index contributed by atoms with van der Waals surface area (Å²) >= 11 is 4.23. The third kappa shape index (κ3) is 3.70. The maximum atomic E-state index is 12.6. The molecule has 3 rings (SSSR count). The number of hydrogen-bond acceptors (Lipinski definition) is 8. The van der Waals surface area contributed by atoms with Crippen LogP contribution in [0, 0.1) is 6.92 Å². The highest BCUT2D eigenvalue weighted by Gasteiger charge is 2.52. The number of esters is 1. The Balaban J connectivity index is 1.90. The lowest BCUT2D eigenvalue weighted by molar-refractivity contribution is -0.0828. The molecule has 4 atom stereocenters. The van der Waals surface area contributed by atoms with Gasteiger partial charge in [0.2, 0.25) is 5.88 Å². The van der Waals surface area contributed by atoms with Gasteiger partial charge in [-0.25, -0.2) is 9.59 Å². The number of nitrogens with zero attached hydrogens (tertiary/aromatic N) is 2. The van der Waals surface area contributed by atoms with Gasteiger partial charge in [-0.15, -0.1) is 0 Å². The normalized spacial score (nSPS) is 27.0. The second-order valence-electron chi connectivity index (χ2n) is 6.80. The summed E-state index contributed by atoms with van der Waals surface area (Å²) in [6, 6.07) is 8.41. The summed E-state index contributed by atoms with van der Waals surface area (Å²) in [6.07, 6.45) is -1.19. The number of rotatable bonds is 5. The Morgan fingerprint density at radius 1 is 1.39 bits per heavy atom. The van der Waals surface area contributed by atoms with Gasteiger partial charge in [0.25, 0.3) is 0 Å². The Kier molecular flexibility index (Phi) is 5.90. The van der Waals surface area contributed by atoms with Gasteiger partial charge in [-0.1, -0.05) is 18.2 Å². The minimum absolute atomic E-state index is 0.0837. The van der Waals surface area contributed by atoms with Crippen LogP contribution in [0.2, 0.25) is 0 Å². The maximum absolute atomic E-state index is 12.6. The van der Waals surface area contributed by atoms with Crippen LogP contribution >= 0.6 is 12.6 Å². The number of thiol groups is 1. The number of hydrogen-bond donors (Lipinski definition) is 2. The molecule has 0 amide bonds. The van der Waals surface area contributed by atoms with Crippen LogP contribution in [0.3, 0.4) is 0 Å². The van der Waals surface area contributed by atoms with E-state index in [1.165, 1.54) is 17.9 Å². The van der Waals surface area contributed by atoms with Crippen molar-refractivity contribution in [2.75, 3.05) is 12.9 Å². The Hall–Kier alpha value is -2.20. The number of benzene rings is 1. The van der Waals surface area contributed by atoms with Crippen molar-refractivity contribution in [3.8, 4) is 5.88 Å². The van der Waals surface area contributed by atoms with E-state index in [1.807, 2.05) is 0 Å². The van der Waals surface area contributed by atoms with Gasteiger partial charge in [-0.3, -0.25) is 4.57 Å². The van der Waals surface area contributed by atoms with Crippen molar-refractivity contribution in [1.82, 2.24) is 9.55 Å². The van der Waals surface area contributed by atoms with Crippen molar-refractivity contribution in [2.45, 2.75) is 37.9 Å². The predicted molar refractivity (Wildman–Crippen MR) is 104 cm³/mol. The molecule has 28 heavy (non-hydrogen) atoms. The molecule has 0 spiro atoms. The van der Waals surface area contributed by atoms with Gasteiger partial charge in [0.1, 0.15) is 17.8 Å². The van der Waals surface area contributed by atoms with Crippen molar-refractivity contribution in [2.24, 2.45) is 0 Å². The zero-order valence-electron chi connectivity index (χ0n) is 15.7. The molecular formula is C19H22N2O6S. The number of aliphatic hydroxyl groups excluding tert-OH is 1. The number of ether oxygens (including phenoxy) is 3. The quantitative estimate of drug-likeness (QED) is 0.571. The van der Waals surface area contributed by atoms with Gasteiger partial charge in [0.05, 0.1) is 5.56 Å². The summed E-state index contributed by atoms with van der Waals surface area (Å²) in [5.74, 6) is -0.462. The van der Waals surface area contributed by atoms with Crippen LogP contribution in [0.5, 0.6) is 5.88 Å². The molecule has 9 heteroatoms. The summed E-state index contributed by atoms with van der Waals surface area (Å²) in [5.41, 5.74) is -0.875. The van der Waals surface area contributed by atoms with Crippen molar-refractivity contribution in [3.05, 3.63) is 58.1 Å². The van der Waals surface area contributed by atoms with Crippen molar-refractivity contribution < 1.29 is 24.1 Å². The van der Waals surface area contributed by atoms with Crippen molar-refractivity contribution in [1.29, 1.82) is 0 Å². The number of aliphatic hydroxyl groups is 1. The summed E-state index contributed by atoms with van der Waals surface area (Å²) in [6.45, 7) is 3.35. The largest absolute Gasteiger partial charge is 0.403 e. The molecule has 1 aromatic heterocycles. The van der Waals surface area contributed by atoms with E-state index < -0.39 is 35.7 Å². The first-order chi connectivity index (χ1) is 13.3. The molecule has 1 N–H and O–H groups in total. The maximum Gasteiger partial charge on any atom is 0.353 e. The molecule has 8 nitrogen and oxygen atoms in total. The number of aromatic nitrogens is 2. The van der Waals surface area contributed by atoms with E-state index >= 15 is 0 Å². The Morgan fingerprint density at radius 2 is 2.07 bits per heavy atom. The summed E-state index contributed by atoms with van der Waals surface area (Å²) < 4.78 is 17.7. The van der Waals surface area contributed by atoms with Crippen LogP contribution < -0.4 is 10.4 Å². The monoisotopic (exact) mass is 406 g/mol. The third-order valence-corrected chi connectivity index (χ3v) is 5.38. The number of carbonyl (C=O) groups excluding carboxylic acids is 1. The van der Waals surface area contributed by atoms with Gasteiger partial charge in [0, 0.05) is 24.6 Å². The molecule has 0 aliphatic carbocycles. The second-order valence-corrected chi connectivity index (χ2v) is 7.12. The van der Waals surface area contributed by atoms with Gasteiger partial charge in [-0.2, -0.15) is 17.6 Å². The van der Waals surface area contributed by atoms with Gasteiger partial charge in [-0.05, 0) is 26.0 Å². The summed E-state index contributed by atoms with van der Waals surface area (Å²) in [5, 5.41) is 10.5. The molecule has 1 fully saturated rings.